The van der Waals surface area contributed by atoms with Gasteiger partial charge in [-0.25, -0.2) is 4.79 Å². The molecule has 2 atom stereocenters. The predicted molar refractivity (Wildman–Crippen MR) is 88.9 cm³/mol. The standard InChI is InChI=1S/C14H12N4O6S2.Na/c15-13(19)11-12-8(4-10(25-12)7-2-1-3-16-5-7)9-6-17(11)14(20)18(9)24-26(21,22)23;/h1-5,9,11H,6H2,(H3,15,19,21,22,23);/q;+1/p-1/t9-,11+;/m1./s1. The van der Waals surface area contributed by atoms with Gasteiger partial charge in [0.05, 0.1) is 12.5 Å². The van der Waals surface area contributed by atoms with Crippen LogP contribution in [0.4, 0.5) is 4.79 Å². The number of hydroxylamine groups is 2. The molecule has 0 radical (unpaired) electrons. The Morgan fingerprint density at radius 2 is 2.19 bits per heavy atom. The van der Waals surface area contributed by atoms with Gasteiger partial charge in [-0.1, -0.05) is 6.07 Å². The first-order valence-electron chi connectivity index (χ1n) is 7.32. The number of nitrogens with zero attached hydrogens (tertiary/aromatic N) is 3. The van der Waals surface area contributed by atoms with Crippen molar-refractivity contribution in [1.82, 2.24) is 14.9 Å². The van der Waals surface area contributed by atoms with E-state index in [0.717, 1.165) is 15.3 Å². The van der Waals surface area contributed by atoms with Gasteiger partial charge < -0.3 is 15.4 Å². The number of fused-ring (bicyclic) bond motifs is 4. The summed E-state index contributed by atoms with van der Waals surface area (Å²) in [5.74, 6) is -0.994. The first-order chi connectivity index (χ1) is 12.3. The van der Waals surface area contributed by atoms with Crippen molar-refractivity contribution in [2.24, 2.45) is 0 Å². The smallest absolute Gasteiger partial charge is 0.666 e. The number of aromatic nitrogens is 1. The van der Waals surface area contributed by atoms with Crippen LogP contribution < -0.4 is 29.6 Å². The molecule has 1 saturated heterocycles. The summed E-state index contributed by atoms with van der Waals surface area (Å²) in [7, 11) is -4.92. The van der Waals surface area contributed by atoms with E-state index < -0.39 is 34.4 Å². The van der Waals surface area contributed by atoms with Crippen molar-refractivity contribution in [3.8, 4) is 10.4 Å². The van der Waals surface area contributed by atoms with Crippen LogP contribution in [0.2, 0.25) is 0 Å². The van der Waals surface area contributed by atoms with E-state index in [1.165, 1.54) is 11.3 Å². The summed E-state index contributed by atoms with van der Waals surface area (Å²) < 4.78 is 35.5. The van der Waals surface area contributed by atoms with Crippen molar-refractivity contribution in [2.45, 2.75) is 12.1 Å². The monoisotopic (exact) mass is 418 g/mol. The van der Waals surface area contributed by atoms with E-state index in [9.17, 15) is 18.0 Å². The molecule has 2 bridgehead atoms. The SMILES string of the molecule is [NH-]C(=O)[C@@H]1c2sc(-c3cccnc3)cc2[C@H]2CN1C(=O)N2OS(=O)(=O)O.[Na+]. The number of nitrogens with one attached hydrogen (secondary N) is 1. The molecule has 1 fully saturated rings. The second kappa shape index (κ2) is 7.13. The number of carbonyl (C=O) groups is 2. The van der Waals surface area contributed by atoms with Crippen LogP contribution in [-0.4, -0.2) is 46.4 Å². The molecule has 2 aromatic heterocycles. The Kier molecular flexibility index (Phi) is 5.33. The molecule has 0 aromatic carbocycles. The number of amides is 3. The minimum Gasteiger partial charge on any atom is -0.666 e. The zero-order valence-corrected chi connectivity index (χ0v) is 17.5. The van der Waals surface area contributed by atoms with Crippen LogP contribution in [-0.2, 0) is 19.5 Å². The average Bonchev–Trinajstić information content (AvgIpc) is 3.12. The van der Waals surface area contributed by atoms with Crippen molar-refractivity contribution in [1.29, 1.82) is 0 Å². The fourth-order valence-electron chi connectivity index (χ4n) is 3.17. The van der Waals surface area contributed by atoms with Crippen LogP contribution in [0, 0.1) is 0 Å². The number of pyridine rings is 1. The molecule has 4 rings (SSSR count). The van der Waals surface area contributed by atoms with Gasteiger partial charge in [0.15, 0.2) is 0 Å². The van der Waals surface area contributed by atoms with Crippen LogP contribution in [0.1, 0.15) is 22.5 Å². The third-order valence-electron chi connectivity index (χ3n) is 4.17. The molecule has 0 aliphatic carbocycles. The Morgan fingerprint density at radius 1 is 1.44 bits per heavy atom. The maximum atomic E-state index is 12.4. The summed E-state index contributed by atoms with van der Waals surface area (Å²) in [4.78, 5) is 30.6. The summed E-state index contributed by atoms with van der Waals surface area (Å²) in [5.41, 5.74) is 8.82. The number of hydrogen-bond donors (Lipinski definition) is 1. The number of rotatable bonds is 4. The van der Waals surface area contributed by atoms with Crippen molar-refractivity contribution in [3.63, 3.8) is 0 Å². The molecular weight excluding hydrogens is 407 g/mol. The zero-order valence-electron chi connectivity index (χ0n) is 13.9. The quantitative estimate of drug-likeness (QED) is 0.494. The molecule has 0 unspecified atom stereocenters. The average molecular weight is 418 g/mol. The minimum atomic E-state index is -4.92. The Hall–Kier alpha value is -1.54. The molecule has 2 aromatic rings. The van der Waals surface area contributed by atoms with E-state index in [1.807, 2.05) is 6.07 Å². The fourth-order valence-corrected chi connectivity index (χ4v) is 4.86. The molecule has 13 heteroatoms. The van der Waals surface area contributed by atoms with Crippen LogP contribution in [0.15, 0.2) is 30.6 Å². The van der Waals surface area contributed by atoms with Gasteiger partial charge in [0.2, 0.25) is 0 Å². The molecular formula is C14H11N4NaO6S2. The summed E-state index contributed by atoms with van der Waals surface area (Å²) in [5, 5.41) is 0.525. The van der Waals surface area contributed by atoms with Crippen LogP contribution in [0.3, 0.4) is 0 Å². The maximum absolute atomic E-state index is 12.4. The summed E-state index contributed by atoms with van der Waals surface area (Å²) in [6, 6.07) is 2.40. The van der Waals surface area contributed by atoms with Crippen molar-refractivity contribution < 1.29 is 56.4 Å². The van der Waals surface area contributed by atoms with Gasteiger partial charge in [-0.15, -0.1) is 15.6 Å². The largest absolute Gasteiger partial charge is 1.00 e. The van der Waals surface area contributed by atoms with Gasteiger partial charge in [-0.05, 0) is 17.7 Å². The minimum absolute atomic E-state index is 0. The van der Waals surface area contributed by atoms with E-state index in [-0.39, 0.29) is 36.1 Å². The Balaban J connectivity index is 0.00000210. The number of urea groups is 1. The van der Waals surface area contributed by atoms with Crippen molar-refractivity contribution in [3.05, 3.63) is 46.8 Å². The number of thiophene rings is 1. The van der Waals surface area contributed by atoms with E-state index in [2.05, 4.69) is 9.27 Å². The molecule has 0 spiro atoms. The second-order valence-electron chi connectivity index (χ2n) is 5.72. The van der Waals surface area contributed by atoms with E-state index in [4.69, 9.17) is 10.3 Å². The Labute approximate surface area is 180 Å². The molecule has 10 nitrogen and oxygen atoms in total. The second-order valence-corrected chi connectivity index (χ2v) is 7.81. The van der Waals surface area contributed by atoms with E-state index >= 15 is 0 Å². The number of carbonyl (C=O) groups excluding carboxylic acids is 2. The number of hydrogen-bond acceptors (Lipinski definition) is 7. The van der Waals surface area contributed by atoms with Gasteiger partial charge in [-0.2, -0.15) is 13.5 Å². The van der Waals surface area contributed by atoms with Crippen molar-refractivity contribution >= 4 is 33.7 Å². The van der Waals surface area contributed by atoms with E-state index in [1.54, 1.807) is 24.5 Å². The van der Waals surface area contributed by atoms with Gasteiger partial charge in [0, 0.05) is 27.7 Å². The molecule has 0 saturated carbocycles. The van der Waals surface area contributed by atoms with Gasteiger partial charge in [0.1, 0.15) is 12.1 Å². The zero-order chi connectivity index (χ0) is 18.6. The molecule has 4 heterocycles. The fraction of sp³-hybridized carbons (Fsp3) is 0.214. The van der Waals surface area contributed by atoms with Gasteiger partial charge in [0.25, 0.3) is 0 Å². The van der Waals surface area contributed by atoms with Gasteiger partial charge >= 0.3 is 46.0 Å². The third kappa shape index (κ3) is 3.49. The summed E-state index contributed by atoms with van der Waals surface area (Å²) >= 11 is 1.23. The predicted octanol–water partition coefficient (Wildman–Crippen LogP) is -1.04. The van der Waals surface area contributed by atoms with Crippen LogP contribution >= 0.6 is 11.3 Å². The third-order valence-corrected chi connectivity index (χ3v) is 5.77. The summed E-state index contributed by atoms with van der Waals surface area (Å²) in [6.45, 7) is -0.0279. The Bertz CT molecular complexity index is 1010. The van der Waals surface area contributed by atoms with E-state index in [0.29, 0.717) is 15.5 Å². The molecule has 27 heavy (non-hydrogen) atoms. The molecule has 2 aliphatic heterocycles. The first-order valence-corrected chi connectivity index (χ1v) is 9.51. The normalized spacial score (nSPS) is 21.0. The van der Waals surface area contributed by atoms with Crippen LogP contribution in [0.5, 0.6) is 0 Å². The first kappa shape index (κ1) is 20.2. The van der Waals surface area contributed by atoms with Gasteiger partial charge in [-0.3, -0.25) is 9.54 Å². The topological polar surface area (TPSA) is 141 Å². The molecule has 2 N–H and O–H groups in total. The van der Waals surface area contributed by atoms with Crippen molar-refractivity contribution in [2.75, 3.05) is 6.54 Å². The Morgan fingerprint density at radius 3 is 2.78 bits per heavy atom. The molecule has 136 valence electrons. The molecule has 3 amide bonds. The summed E-state index contributed by atoms with van der Waals surface area (Å²) in [6.07, 6.45) is 3.24. The molecule has 2 aliphatic rings. The van der Waals surface area contributed by atoms with Crippen LogP contribution in [0.25, 0.3) is 16.2 Å². The maximum Gasteiger partial charge on any atom is 1.00 e.